The standard InChI is InChI=1S/C16H27N3/c1-14(2)18-13-15-12-17-9-8-16(15)19-10-6-4-3-5-7-11-19/h8-9,12,14,18H,3-7,10-11,13H2,1-2H3. The van der Waals surface area contributed by atoms with Gasteiger partial charge in [-0.15, -0.1) is 0 Å². The molecular weight excluding hydrogens is 234 g/mol. The minimum absolute atomic E-state index is 0.514. The fourth-order valence-corrected chi connectivity index (χ4v) is 2.67. The fourth-order valence-electron chi connectivity index (χ4n) is 2.67. The van der Waals surface area contributed by atoms with Gasteiger partial charge in [-0.3, -0.25) is 4.98 Å². The molecule has 1 N–H and O–H groups in total. The molecule has 0 amide bonds. The summed E-state index contributed by atoms with van der Waals surface area (Å²) in [5.41, 5.74) is 2.71. The van der Waals surface area contributed by atoms with E-state index in [4.69, 9.17) is 0 Å². The van der Waals surface area contributed by atoms with Crippen LogP contribution >= 0.6 is 0 Å². The zero-order chi connectivity index (χ0) is 13.5. The van der Waals surface area contributed by atoms with Crippen LogP contribution in [0.1, 0.15) is 51.5 Å². The molecule has 0 saturated carbocycles. The second-order valence-corrected chi connectivity index (χ2v) is 5.79. The lowest BCUT2D eigenvalue weighted by Crippen LogP contribution is -2.29. The van der Waals surface area contributed by atoms with Gasteiger partial charge in [0.2, 0.25) is 0 Å². The van der Waals surface area contributed by atoms with E-state index in [2.05, 4.69) is 35.1 Å². The number of hydrogen-bond donors (Lipinski definition) is 1. The van der Waals surface area contributed by atoms with Crippen molar-refractivity contribution in [3.8, 4) is 0 Å². The largest absolute Gasteiger partial charge is 0.371 e. The van der Waals surface area contributed by atoms with Crippen LogP contribution in [0.4, 0.5) is 5.69 Å². The van der Waals surface area contributed by atoms with Gasteiger partial charge in [0.15, 0.2) is 0 Å². The summed E-state index contributed by atoms with van der Waals surface area (Å²) in [6.07, 6.45) is 10.7. The summed E-state index contributed by atoms with van der Waals surface area (Å²) < 4.78 is 0. The van der Waals surface area contributed by atoms with Crippen LogP contribution in [0.15, 0.2) is 18.5 Å². The molecule has 1 aromatic rings. The van der Waals surface area contributed by atoms with Crippen LogP contribution in [0.25, 0.3) is 0 Å². The Kier molecular flexibility index (Phi) is 5.64. The molecule has 1 fully saturated rings. The monoisotopic (exact) mass is 261 g/mol. The molecule has 1 aliphatic heterocycles. The van der Waals surface area contributed by atoms with Crippen molar-refractivity contribution >= 4 is 5.69 Å². The lowest BCUT2D eigenvalue weighted by atomic mass is 10.1. The molecule has 3 heteroatoms. The Morgan fingerprint density at radius 3 is 2.53 bits per heavy atom. The van der Waals surface area contributed by atoms with Crippen molar-refractivity contribution in [2.45, 2.75) is 58.5 Å². The lowest BCUT2D eigenvalue weighted by Gasteiger charge is -2.29. The highest BCUT2D eigenvalue weighted by Crippen LogP contribution is 2.22. The maximum absolute atomic E-state index is 4.29. The molecule has 0 aromatic carbocycles. The number of aromatic nitrogens is 1. The Morgan fingerprint density at radius 1 is 1.16 bits per heavy atom. The minimum Gasteiger partial charge on any atom is -0.371 e. The van der Waals surface area contributed by atoms with Gasteiger partial charge in [-0.05, 0) is 18.9 Å². The summed E-state index contributed by atoms with van der Waals surface area (Å²) in [4.78, 5) is 6.85. The number of anilines is 1. The molecule has 0 atom stereocenters. The molecule has 2 heterocycles. The van der Waals surface area contributed by atoms with E-state index in [0.717, 1.165) is 6.54 Å². The smallest absolute Gasteiger partial charge is 0.0442 e. The first-order chi connectivity index (χ1) is 9.27. The first-order valence-electron chi connectivity index (χ1n) is 7.68. The van der Waals surface area contributed by atoms with Gasteiger partial charge in [0, 0.05) is 49.3 Å². The molecular formula is C16H27N3. The second kappa shape index (κ2) is 7.49. The molecule has 106 valence electrons. The third kappa shape index (κ3) is 4.50. The molecule has 19 heavy (non-hydrogen) atoms. The maximum atomic E-state index is 4.29. The van der Waals surface area contributed by atoms with E-state index in [1.54, 1.807) is 0 Å². The molecule has 1 saturated heterocycles. The van der Waals surface area contributed by atoms with Crippen LogP contribution in [0.2, 0.25) is 0 Å². The molecule has 3 nitrogen and oxygen atoms in total. The molecule has 0 bridgehead atoms. The highest BCUT2D eigenvalue weighted by molar-refractivity contribution is 5.52. The minimum atomic E-state index is 0.514. The van der Waals surface area contributed by atoms with Gasteiger partial charge in [0.25, 0.3) is 0 Å². The van der Waals surface area contributed by atoms with Gasteiger partial charge >= 0.3 is 0 Å². The fraction of sp³-hybridized carbons (Fsp3) is 0.688. The van der Waals surface area contributed by atoms with Crippen LogP contribution in [0, 0.1) is 0 Å². The molecule has 0 aliphatic carbocycles. The van der Waals surface area contributed by atoms with Crippen molar-refractivity contribution in [3.63, 3.8) is 0 Å². The first kappa shape index (κ1) is 14.3. The first-order valence-corrected chi connectivity index (χ1v) is 7.68. The molecule has 1 aliphatic rings. The second-order valence-electron chi connectivity index (χ2n) is 5.79. The van der Waals surface area contributed by atoms with Crippen LogP contribution in [0.5, 0.6) is 0 Å². The zero-order valence-electron chi connectivity index (χ0n) is 12.4. The highest BCUT2D eigenvalue weighted by Gasteiger charge is 2.12. The molecule has 0 spiro atoms. The van der Waals surface area contributed by atoms with E-state index in [1.807, 2.05) is 12.4 Å². The average Bonchev–Trinajstić information content (AvgIpc) is 2.36. The Hall–Kier alpha value is -1.09. The van der Waals surface area contributed by atoms with Crippen molar-refractivity contribution < 1.29 is 0 Å². The Morgan fingerprint density at radius 2 is 1.84 bits per heavy atom. The van der Waals surface area contributed by atoms with Crippen LogP contribution < -0.4 is 10.2 Å². The topological polar surface area (TPSA) is 28.2 Å². The van der Waals surface area contributed by atoms with Crippen molar-refractivity contribution in [2.24, 2.45) is 0 Å². The maximum Gasteiger partial charge on any atom is 0.0442 e. The summed E-state index contributed by atoms with van der Waals surface area (Å²) in [5.74, 6) is 0. The summed E-state index contributed by atoms with van der Waals surface area (Å²) in [7, 11) is 0. The van der Waals surface area contributed by atoms with Gasteiger partial charge in [0.1, 0.15) is 0 Å². The Labute approximate surface area is 117 Å². The van der Waals surface area contributed by atoms with Crippen LogP contribution in [-0.4, -0.2) is 24.1 Å². The van der Waals surface area contributed by atoms with Crippen molar-refractivity contribution in [1.82, 2.24) is 10.3 Å². The average molecular weight is 261 g/mol. The molecule has 1 aromatic heterocycles. The molecule has 2 rings (SSSR count). The normalized spacial score (nSPS) is 17.3. The van der Waals surface area contributed by atoms with Gasteiger partial charge in [-0.2, -0.15) is 0 Å². The van der Waals surface area contributed by atoms with E-state index >= 15 is 0 Å². The quantitative estimate of drug-likeness (QED) is 0.901. The predicted molar refractivity (Wildman–Crippen MR) is 81.5 cm³/mol. The number of nitrogens with zero attached hydrogens (tertiary/aromatic N) is 2. The van der Waals surface area contributed by atoms with Crippen LogP contribution in [-0.2, 0) is 6.54 Å². The van der Waals surface area contributed by atoms with Gasteiger partial charge in [-0.1, -0.05) is 33.1 Å². The van der Waals surface area contributed by atoms with E-state index < -0.39 is 0 Å². The van der Waals surface area contributed by atoms with Crippen molar-refractivity contribution in [3.05, 3.63) is 24.0 Å². The number of nitrogens with one attached hydrogen (secondary N) is 1. The highest BCUT2D eigenvalue weighted by atomic mass is 15.1. The zero-order valence-corrected chi connectivity index (χ0v) is 12.4. The summed E-state index contributed by atoms with van der Waals surface area (Å²) in [5, 5.41) is 3.50. The Bertz CT molecular complexity index is 368. The van der Waals surface area contributed by atoms with Crippen molar-refractivity contribution in [2.75, 3.05) is 18.0 Å². The van der Waals surface area contributed by atoms with Crippen LogP contribution in [0.3, 0.4) is 0 Å². The Balaban J connectivity index is 2.08. The summed E-state index contributed by atoms with van der Waals surface area (Å²) >= 11 is 0. The number of hydrogen-bond acceptors (Lipinski definition) is 3. The van der Waals surface area contributed by atoms with Gasteiger partial charge in [0.05, 0.1) is 0 Å². The summed E-state index contributed by atoms with van der Waals surface area (Å²) in [6, 6.07) is 2.69. The number of pyridine rings is 1. The van der Waals surface area contributed by atoms with Gasteiger partial charge in [-0.25, -0.2) is 0 Å². The molecule has 0 unspecified atom stereocenters. The number of rotatable bonds is 4. The third-order valence-electron chi connectivity index (χ3n) is 3.78. The van der Waals surface area contributed by atoms with Crippen molar-refractivity contribution in [1.29, 1.82) is 0 Å². The third-order valence-corrected chi connectivity index (χ3v) is 3.78. The predicted octanol–water partition coefficient (Wildman–Crippen LogP) is 3.35. The molecule has 0 radical (unpaired) electrons. The van der Waals surface area contributed by atoms with E-state index in [-0.39, 0.29) is 0 Å². The van der Waals surface area contributed by atoms with E-state index in [0.29, 0.717) is 6.04 Å². The lowest BCUT2D eigenvalue weighted by molar-refractivity contribution is 0.551. The SMILES string of the molecule is CC(C)NCc1cnccc1N1CCCCCCC1. The van der Waals surface area contributed by atoms with Gasteiger partial charge < -0.3 is 10.2 Å². The van der Waals surface area contributed by atoms with E-state index in [1.165, 1.54) is 56.4 Å². The van der Waals surface area contributed by atoms with E-state index in [9.17, 15) is 0 Å². The summed E-state index contributed by atoms with van der Waals surface area (Å²) in [6.45, 7) is 7.67.